The Bertz CT molecular complexity index is 520. The molecule has 0 spiro atoms. The monoisotopic (exact) mass is 369 g/mol. The summed E-state index contributed by atoms with van der Waals surface area (Å²) in [4.78, 5) is 5.53. The molecule has 0 fully saturated rings. The molecule has 3 nitrogen and oxygen atoms in total. The first-order chi connectivity index (χ1) is 9.69. The highest BCUT2D eigenvalue weighted by Crippen LogP contribution is 2.37. The molecule has 1 aromatic carbocycles. The Hall–Kier alpha value is -0.653. The average Bonchev–Trinajstić information content (AvgIpc) is 2.85. The summed E-state index contributed by atoms with van der Waals surface area (Å²) in [6.07, 6.45) is 0.855. The van der Waals surface area contributed by atoms with Gasteiger partial charge in [-0.05, 0) is 35.8 Å². The largest absolute Gasteiger partial charge is 0.413 e. The first kappa shape index (κ1) is 16.7. The summed E-state index contributed by atoms with van der Waals surface area (Å²) in [6, 6.07) is 8.17. The van der Waals surface area contributed by atoms with Crippen molar-refractivity contribution in [1.82, 2.24) is 0 Å². The van der Waals surface area contributed by atoms with Crippen LogP contribution in [0.15, 0.2) is 33.9 Å². The van der Waals surface area contributed by atoms with Crippen LogP contribution in [0.1, 0.15) is 32.8 Å². The molecule has 5 heteroatoms. The maximum atomic E-state index is 6.21. The predicted molar refractivity (Wildman–Crippen MR) is 93.3 cm³/mol. The van der Waals surface area contributed by atoms with Crippen molar-refractivity contribution in [2.24, 2.45) is 5.16 Å². The van der Waals surface area contributed by atoms with Crippen molar-refractivity contribution >= 4 is 30.0 Å². The van der Waals surface area contributed by atoms with Crippen molar-refractivity contribution < 1.29 is 9.26 Å². The van der Waals surface area contributed by atoms with E-state index in [0.717, 1.165) is 22.2 Å². The van der Waals surface area contributed by atoms with Crippen molar-refractivity contribution in [1.29, 1.82) is 0 Å². The molecule has 2 rings (SSSR count). The van der Waals surface area contributed by atoms with Crippen LogP contribution in [0.4, 0.5) is 0 Å². The number of benzene rings is 1. The van der Waals surface area contributed by atoms with Gasteiger partial charge in [0.2, 0.25) is 0 Å². The second kappa shape index (κ2) is 6.22. The second-order valence-corrected chi connectivity index (χ2v) is 12.8. The van der Waals surface area contributed by atoms with E-state index < -0.39 is 8.32 Å². The Morgan fingerprint density at radius 1 is 1.29 bits per heavy atom. The first-order valence-corrected chi connectivity index (χ1v) is 11.0. The quantitative estimate of drug-likeness (QED) is 0.701. The Kier molecular flexibility index (Phi) is 4.95. The Balaban J connectivity index is 1.89. The van der Waals surface area contributed by atoms with Crippen LogP contribution >= 0.6 is 15.9 Å². The minimum atomic E-state index is -1.72. The summed E-state index contributed by atoms with van der Waals surface area (Å²) in [7, 11) is -1.72. The third-order valence-corrected chi connectivity index (χ3v) is 9.38. The SMILES string of the molecule is CC(C)(C)[Si](C)(C)OC[C@H]1CC(c2ccc(Br)cc2)=NO1. The van der Waals surface area contributed by atoms with Crippen LogP contribution in [-0.4, -0.2) is 26.7 Å². The molecule has 0 bridgehead atoms. The smallest absolute Gasteiger partial charge is 0.192 e. The Morgan fingerprint density at radius 3 is 2.48 bits per heavy atom. The summed E-state index contributed by atoms with van der Waals surface area (Å²) in [5, 5.41) is 4.44. The van der Waals surface area contributed by atoms with Gasteiger partial charge in [-0.3, -0.25) is 0 Å². The molecular weight excluding hydrogens is 346 g/mol. The summed E-state index contributed by atoms with van der Waals surface area (Å²) in [5.74, 6) is 0. The summed E-state index contributed by atoms with van der Waals surface area (Å²) in [6.45, 7) is 11.9. The molecule has 21 heavy (non-hydrogen) atoms. The molecule has 1 heterocycles. The van der Waals surface area contributed by atoms with Gasteiger partial charge in [0, 0.05) is 10.9 Å². The Labute approximate surface area is 137 Å². The van der Waals surface area contributed by atoms with Crippen molar-refractivity contribution in [3.05, 3.63) is 34.3 Å². The van der Waals surface area contributed by atoms with Gasteiger partial charge in [-0.15, -0.1) is 0 Å². The molecule has 0 radical (unpaired) electrons. The molecule has 0 unspecified atom stereocenters. The van der Waals surface area contributed by atoms with Crippen molar-refractivity contribution in [2.45, 2.75) is 51.4 Å². The van der Waals surface area contributed by atoms with E-state index in [2.05, 4.69) is 67.1 Å². The van der Waals surface area contributed by atoms with Gasteiger partial charge in [0.25, 0.3) is 0 Å². The molecular formula is C16H24BrNO2Si. The fourth-order valence-electron chi connectivity index (χ4n) is 1.85. The van der Waals surface area contributed by atoms with E-state index in [0.29, 0.717) is 6.61 Å². The van der Waals surface area contributed by atoms with Crippen molar-refractivity contribution in [3.8, 4) is 0 Å². The number of nitrogens with zero attached hydrogens (tertiary/aromatic N) is 1. The van der Waals surface area contributed by atoms with Gasteiger partial charge in [-0.25, -0.2) is 0 Å². The van der Waals surface area contributed by atoms with E-state index in [9.17, 15) is 0 Å². The molecule has 0 amide bonds. The molecule has 0 aliphatic carbocycles. The van der Waals surface area contributed by atoms with Crippen LogP contribution in [0.3, 0.4) is 0 Å². The number of oxime groups is 1. The van der Waals surface area contributed by atoms with Crippen LogP contribution < -0.4 is 0 Å². The standard InChI is InChI=1S/C16H24BrNO2Si/c1-16(2,3)21(4,5)19-11-14-10-15(18-20-14)12-6-8-13(17)9-7-12/h6-9,14H,10-11H2,1-5H3/t14-/m1/s1. The molecule has 0 saturated carbocycles. The van der Waals surface area contributed by atoms with Gasteiger partial charge in [0.1, 0.15) is 0 Å². The summed E-state index contributed by atoms with van der Waals surface area (Å²) >= 11 is 3.44. The van der Waals surface area contributed by atoms with Crippen LogP contribution in [0, 0.1) is 0 Å². The topological polar surface area (TPSA) is 30.8 Å². The zero-order chi connectivity index (χ0) is 15.7. The molecule has 0 aromatic heterocycles. The number of hydrogen-bond acceptors (Lipinski definition) is 3. The number of halogens is 1. The summed E-state index contributed by atoms with van der Waals surface area (Å²) < 4.78 is 7.29. The van der Waals surface area contributed by atoms with Crippen LogP contribution in [0.2, 0.25) is 18.1 Å². The van der Waals surface area contributed by atoms with E-state index in [1.165, 1.54) is 0 Å². The third kappa shape index (κ3) is 4.17. The lowest BCUT2D eigenvalue weighted by molar-refractivity contribution is 0.0427. The van der Waals surface area contributed by atoms with Gasteiger partial charge >= 0.3 is 0 Å². The molecule has 1 aliphatic rings. The lowest BCUT2D eigenvalue weighted by atomic mass is 10.1. The molecule has 116 valence electrons. The predicted octanol–water partition coefficient (Wildman–Crippen LogP) is 4.96. The van der Waals surface area contributed by atoms with Gasteiger partial charge in [0.05, 0.1) is 12.3 Å². The summed E-state index contributed by atoms with van der Waals surface area (Å²) in [5.41, 5.74) is 2.12. The highest BCUT2D eigenvalue weighted by atomic mass is 79.9. The van der Waals surface area contributed by atoms with E-state index in [-0.39, 0.29) is 11.1 Å². The minimum absolute atomic E-state index is 0.0396. The van der Waals surface area contributed by atoms with Crippen molar-refractivity contribution in [3.63, 3.8) is 0 Å². The van der Waals surface area contributed by atoms with Gasteiger partial charge in [-0.1, -0.05) is 54.0 Å². The molecule has 1 aromatic rings. The van der Waals surface area contributed by atoms with Gasteiger partial charge in [-0.2, -0.15) is 0 Å². The fraction of sp³-hybridized carbons (Fsp3) is 0.562. The second-order valence-electron chi connectivity index (χ2n) is 7.05. The highest BCUT2D eigenvalue weighted by molar-refractivity contribution is 9.10. The van der Waals surface area contributed by atoms with E-state index in [1.54, 1.807) is 0 Å². The number of rotatable bonds is 4. The zero-order valence-corrected chi connectivity index (χ0v) is 16.0. The third-order valence-electron chi connectivity index (χ3n) is 4.35. The van der Waals surface area contributed by atoms with Gasteiger partial charge in [0.15, 0.2) is 14.4 Å². The van der Waals surface area contributed by atoms with Crippen LogP contribution in [0.25, 0.3) is 0 Å². The van der Waals surface area contributed by atoms with E-state index in [4.69, 9.17) is 9.26 Å². The highest BCUT2D eigenvalue weighted by Gasteiger charge is 2.38. The number of hydrogen-bond donors (Lipinski definition) is 0. The average molecular weight is 370 g/mol. The molecule has 1 aliphatic heterocycles. The molecule has 0 saturated heterocycles. The normalized spacial score (nSPS) is 19.3. The van der Waals surface area contributed by atoms with E-state index >= 15 is 0 Å². The fourth-order valence-corrected chi connectivity index (χ4v) is 3.15. The molecule has 1 atom stereocenters. The minimum Gasteiger partial charge on any atom is -0.413 e. The molecule has 0 N–H and O–H groups in total. The lowest BCUT2D eigenvalue weighted by Gasteiger charge is -2.36. The zero-order valence-electron chi connectivity index (χ0n) is 13.4. The van der Waals surface area contributed by atoms with Crippen molar-refractivity contribution in [2.75, 3.05) is 6.61 Å². The van der Waals surface area contributed by atoms with Crippen LogP contribution in [-0.2, 0) is 9.26 Å². The van der Waals surface area contributed by atoms with Crippen LogP contribution in [0.5, 0.6) is 0 Å². The lowest BCUT2D eigenvalue weighted by Crippen LogP contribution is -2.42. The maximum absolute atomic E-state index is 6.21. The maximum Gasteiger partial charge on any atom is 0.192 e. The van der Waals surface area contributed by atoms with E-state index in [1.807, 2.05) is 12.1 Å². The Morgan fingerprint density at radius 2 is 1.90 bits per heavy atom. The first-order valence-electron chi connectivity index (χ1n) is 7.32. The van der Waals surface area contributed by atoms with Gasteiger partial charge < -0.3 is 9.26 Å².